The second kappa shape index (κ2) is 8.32. The molecule has 1 aromatic heterocycles. The van der Waals surface area contributed by atoms with Crippen molar-refractivity contribution in [2.24, 2.45) is 11.8 Å². The molecular weight excluding hydrogens is 388 g/mol. The number of fused-ring (bicyclic) bond motifs is 1. The Hall–Kier alpha value is -2.50. The summed E-state index contributed by atoms with van der Waals surface area (Å²) < 4.78 is 36.0. The van der Waals surface area contributed by atoms with Crippen molar-refractivity contribution in [2.45, 2.75) is 58.4 Å². The first kappa shape index (κ1) is 20.8. The third-order valence-corrected chi connectivity index (χ3v) is 6.24. The maximum Gasteiger partial charge on any atom is 0.343 e. The van der Waals surface area contributed by atoms with Crippen molar-refractivity contribution in [3.63, 3.8) is 0 Å². The Balaban J connectivity index is 1.83. The first-order valence-corrected chi connectivity index (χ1v) is 10.8. The van der Waals surface area contributed by atoms with Gasteiger partial charge < -0.3 is 9.30 Å². The molecule has 2 fully saturated rings. The maximum absolute atomic E-state index is 14.8. The Morgan fingerprint density at radius 3 is 2.67 bits per heavy atom. The molecular formula is C24H27F2NO3. The molecule has 2 atom stereocenters. The fourth-order valence-corrected chi connectivity index (χ4v) is 4.56. The summed E-state index contributed by atoms with van der Waals surface area (Å²) in [5.74, 6) is -1.53. The van der Waals surface area contributed by atoms with Crippen LogP contribution in [0.15, 0.2) is 23.1 Å². The molecule has 2 aromatic rings. The van der Waals surface area contributed by atoms with Crippen LogP contribution in [0, 0.1) is 23.5 Å². The molecule has 4 rings (SSSR count). The van der Waals surface area contributed by atoms with Crippen LogP contribution in [0.3, 0.4) is 0 Å². The monoisotopic (exact) mass is 415 g/mol. The highest BCUT2D eigenvalue weighted by Crippen LogP contribution is 2.39. The molecule has 1 heterocycles. The number of carbonyl (C=O) groups is 1. The van der Waals surface area contributed by atoms with Crippen molar-refractivity contribution >= 4 is 22.9 Å². The average molecular weight is 415 g/mol. The first-order valence-electron chi connectivity index (χ1n) is 10.8. The Morgan fingerprint density at radius 1 is 1.27 bits per heavy atom. The van der Waals surface area contributed by atoms with Crippen LogP contribution in [0.25, 0.3) is 17.0 Å². The Labute approximate surface area is 174 Å². The third-order valence-electron chi connectivity index (χ3n) is 6.24. The minimum atomic E-state index is -1.09. The molecule has 2 aliphatic rings. The lowest BCUT2D eigenvalue weighted by Gasteiger charge is -2.16. The normalized spacial score (nSPS) is 21.6. The van der Waals surface area contributed by atoms with Gasteiger partial charge in [-0.2, -0.15) is 0 Å². The summed E-state index contributed by atoms with van der Waals surface area (Å²) in [6.45, 7) is 4.02. The molecule has 30 heavy (non-hydrogen) atoms. The van der Waals surface area contributed by atoms with E-state index in [0.717, 1.165) is 38.2 Å². The van der Waals surface area contributed by atoms with Gasteiger partial charge in [0.2, 0.25) is 5.43 Å². The average Bonchev–Trinajstić information content (AvgIpc) is 3.47. The zero-order valence-corrected chi connectivity index (χ0v) is 17.4. The number of nitrogens with zero attached hydrogens (tertiary/aromatic N) is 1. The van der Waals surface area contributed by atoms with Gasteiger partial charge in [0.05, 0.1) is 17.5 Å². The Morgan fingerprint density at radius 2 is 2.03 bits per heavy atom. The molecule has 0 amide bonds. The third kappa shape index (κ3) is 3.92. The van der Waals surface area contributed by atoms with Crippen LogP contribution in [-0.4, -0.2) is 17.1 Å². The van der Waals surface area contributed by atoms with E-state index < -0.39 is 23.0 Å². The smallest absolute Gasteiger partial charge is 0.343 e. The SMILES string of the molecule is CCOC(=O)c1cn(C2CC2)c2c(/C=C\C[C@@H]3CC[C@@H](C)C3)c(F)c(F)cc2c1=O. The number of carbonyl (C=O) groups excluding carboxylic acids is 1. The van der Waals surface area contributed by atoms with Gasteiger partial charge >= 0.3 is 5.97 Å². The molecule has 2 saturated carbocycles. The number of hydrogen-bond donors (Lipinski definition) is 0. The van der Waals surface area contributed by atoms with Crippen LogP contribution in [0.4, 0.5) is 8.78 Å². The summed E-state index contributed by atoms with van der Waals surface area (Å²) in [6, 6.07) is 0.971. The van der Waals surface area contributed by atoms with Crippen molar-refractivity contribution in [1.29, 1.82) is 0 Å². The van der Waals surface area contributed by atoms with Crippen LogP contribution in [-0.2, 0) is 4.74 Å². The van der Waals surface area contributed by atoms with E-state index in [1.807, 2.05) is 6.08 Å². The molecule has 0 unspecified atom stereocenters. The van der Waals surface area contributed by atoms with Crippen molar-refractivity contribution < 1.29 is 18.3 Å². The van der Waals surface area contributed by atoms with Crippen molar-refractivity contribution in [1.82, 2.24) is 4.57 Å². The zero-order valence-electron chi connectivity index (χ0n) is 17.4. The predicted molar refractivity (Wildman–Crippen MR) is 113 cm³/mol. The lowest BCUT2D eigenvalue weighted by atomic mass is 10.00. The second-order valence-corrected chi connectivity index (χ2v) is 8.64. The number of pyridine rings is 1. The molecule has 4 nitrogen and oxygen atoms in total. The second-order valence-electron chi connectivity index (χ2n) is 8.64. The number of benzene rings is 1. The lowest BCUT2D eigenvalue weighted by Crippen LogP contribution is -2.21. The van der Waals surface area contributed by atoms with Gasteiger partial charge in [-0.25, -0.2) is 13.6 Å². The maximum atomic E-state index is 14.8. The number of halogens is 2. The Bertz CT molecular complexity index is 1070. The van der Waals surface area contributed by atoms with E-state index in [0.29, 0.717) is 17.4 Å². The summed E-state index contributed by atoms with van der Waals surface area (Å²) in [4.78, 5) is 25.2. The van der Waals surface area contributed by atoms with Gasteiger partial charge in [0, 0.05) is 17.8 Å². The standard InChI is InChI=1S/C24H27F2NO3/c1-3-30-24(29)19-13-27(16-9-10-16)22-17(6-4-5-15-8-7-14(2)11-15)21(26)20(25)12-18(22)23(19)28/h4,6,12-16H,3,5,7-11H2,1-2H3/b6-4-/t14-,15-/m1/s1. The van der Waals surface area contributed by atoms with Gasteiger partial charge in [0.15, 0.2) is 11.6 Å². The molecule has 0 N–H and O–H groups in total. The van der Waals surface area contributed by atoms with Gasteiger partial charge in [0.25, 0.3) is 0 Å². The number of hydrogen-bond acceptors (Lipinski definition) is 3. The highest BCUT2D eigenvalue weighted by molar-refractivity contribution is 5.96. The number of ether oxygens (including phenoxy) is 1. The zero-order chi connectivity index (χ0) is 21.4. The molecule has 0 bridgehead atoms. The van der Waals surface area contributed by atoms with E-state index in [9.17, 15) is 18.4 Å². The highest BCUT2D eigenvalue weighted by Gasteiger charge is 2.29. The molecule has 0 radical (unpaired) electrons. The fourth-order valence-electron chi connectivity index (χ4n) is 4.56. The van der Waals surface area contributed by atoms with Gasteiger partial charge in [-0.15, -0.1) is 0 Å². The largest absolute Gasteiger partial charge is 0.462 e. The van der Waals surface area contributed by atoms with E-state index in [4.69, 9.17) is 4.74 Å². The lowest BCUT2D eigenvalue weighted by molar-refractivity contribution is 0.0524. The molecule has 160 valence electrons. The van der Waals surface area contributed by atoms with Gasteiger partial charge in [-0.05, 0) is 56.9 Å². The van der Waals surface area contributed by atoms with E-state index in [-0.39, 0.29) is 29.2 Å². The van der Waals surface area contributed by atoms with Gasteiger partial charge in [0.1, 0.15) is 5.56 Å². The van der Waals surface area contributed by atoms with E-state index in [2.05, 4.69) is 6.92 Å². The first-order chi connectivity index (χ1) is 14.4. The van der Waals surface area contributed by atoms with Crippen LogP contribution in [0.1, 0.15) is 74.3 Å². The van der Waals surface area contributed by atoms with Crippen LogP contribution in [0.2, 0.25) is 0 Å². The van der Waals surface area contributed by atoms with Gasteiger partial charge in [-0.3, -0.25) is 4.79 Å². The summed E-state index contributed by atoms with van der Waals surface area (Å²) in [5.41, 5.74) is -0.336. The van der Waals surface area contributed by atoms with Gasteiger partial charge in [-0.1, -0.05) is 25.5 Å². The van der Waals surface area contributed by atoms with Crippen LogP contribution >= 0.6 is 0 Å². The summed E-state index contributed by atoms with van der Waals surface area (Å²) >= 11 is 0. The van der Waals surface area contributed by atoms with Crippen molar-refractivity contribution in [3.05, 3.63) is 51.3 Å². The fraction of sp³-hybridized carbons (Fsp3) is 0.500. The summed E-state index contributed by atoms with van der Waals surface area (Å²) in [7, 11) is 0. The summed E-state index contributed by atoms with van der Waals surface area (Å²) in [6.07, 6.45) is 11.0. The van der Waals surface area contributed by atoms with E-state index in [1.54, 1.807) is 17.6 Å². The topological polar surface area (TPSA) is 48.3 Å². The number of aromatic nitrogens is 1. The number of rotatable bonds is 6. The number of allylic oxidation sites excluding steroid dienone is 1. The number of esters is 1. The van der Waals surface area contributed by atoms with Crippen molar-refractivity contribution in [3.8, 4) is 0 Å². The predicted octanol–water partition coefficient (Wildman–Crippen LogP) is 5.63. The van der Waals surface area contributed by atoms with Crippen molar-refractivity contribution in [2.75, 3.05) is 6.61 Å². The molecule has 0 aliphatic heterocycles. The molecule has 6 heteroatoms. The minimum absolute atomic E-state index is 0.0143. The van der Waals surface area contributed by atoms with Crippen LogP contribution < -0.4 is 5.43 Å². The summed E-state index contributed by atoms with van der Waals surface area (Å²) in [5, 5.41) is 0.0143. The quantitative estimate of drug-likeness (QED) is 0.575. The van der Waals surface area contributed by atoms with E-state index >= 15 is 0 Å². The van der Waals surface area contributed by atoms with Crippen LogP contribution in [0.5, 0.6) is 0 Å². The molecule has 1 aromatic carbocycles. The van der Waals surface area contributed by atoms with E-state index in [1.165, 1.54) is 12.6 Å². The highest BCUT2D eigenvalue weighted by atomic mass is 19.2. The minimum Gasteiger partial charge on any atom is -0.462 e. The molecule has 0 spiro atoms. The molecule has 2 aliphatic carbocycles. The molecule has 0 saturated heterocycles. The Kier molecular flexibility index (Phi) is 5.76.